The van der Waals surface area contributed by atoms with E-state index in [1.807, 2.05) is 6.20 Å². The van der Waals surface area contributed by atoms with E-state index >= 15 is 0 Å². The minimum absolute atomic E-state index is 0.761. The van der Waals surface area contributed by atoms with Gasteiger partial charge >= 0.3 is 0 Å². The van der Waals surface area contributed by atoms with E-state index in [9.17, 15) is 0 Å². The van der Waals surface area contributed by atoms with Gasteiger partial charge in [-0.2, -0.15) is 0 Å². The molecule has 1 aromatic rings. The molecule has 4 nitrogen and oxygen atoms in total. The second-order valence-electron chi connectivity index (χ2n) is 5.97. The Balaban J connectivity index is 1.50. The number of nitrogens with one attached hydrogen (secondary N) is 1. The zero-order valence-corrected chi connectivity index (χ0v) is 12.4. The van der Waals surface area contributed by atoms with Crippen LogP contribution in [0.3, 0.4) is 0 Å². The fourth-order valence-corrected chi connectivity index (χ4v) is 2.57. The van der Waals surface area contributed by atoms with Crippen LogP contribution in [0.25, 0.3) is 0 Å². The number of fused-ring (bicyclic) bond motifs is 1. The molecule has 4 heteroatoms. The van der Waals surface area contributed by atoms with Gasteiger partial charge in [0.1, 0.15) is 5.82 Å². The van der Waals surface area contributed by atoms with Gasteiger partial charge in [-0.1, -0.05) is 20.3 Å². The van der Waals surface area contributed by atoms with Crippen LogP contribution in [0.15, 0.2) is 12.4 Å². The van der Waals surface area contributed by atoms with E-state index in [1.165, 1.54) is 44.7 Å². The van der Waals surface area contributed by atoms with Crippen LogP contribution in [-0.4, -0.2) is 40.6 Å². The van der Waals surface area contributed by atoms with E-state index in [2.05, 4.69) is 39.8 Å². The van der Waals surface area contributed by atoms with Crippen molar-refractivity contribution < 1.29 is 0 Å². The van der Waals surface area contributed by atoms with Gasteiger partial charge in [-0.25, -0.2) is 4.98 Å². The van der Waals surface area contributed by atoms with Crippen LogP contribution in [0.1, 0.15) is 38.9 Å². The fraction of sp³-hybridized carbons (Fsp3) is 0.800. The van der Waals surface area contributed by atoms with Crippen molar-refractivity contribution in [2.75, 3.05) is 26.2 Å². The van der Waals surface area contributed by atoms with Crippen molar-refractivity contribution in [3.63, 3.8) is 0 Å². The number of rotatable bonds is 8. The zero-order valence-electron chi connectivity index (χ0n) is 12.4. The van der Waals surface area contributed by atoms with Gasteiger partial charge in [0.25, 0.3) is 0 Å². The molecule has 0 atom stereocenters. The Kier molecular flexibility index (Phi) is 5.86. The Morgan fingerprint density at radius 2 is 2.16 bits per heavy atom. The molecule has 1 aliphatic heterocycles. The fourth-order valence-electron chi connectivity index (χ4n) is 2.57. The van der Waals surface area contributed by atoms with Crippen LogP contribution in [0.5, 0.6) is 0 Å². The van der Waals surface area contributed by atoms with Crippen LogP contribution >= 0.6 is 0 Å². The average molecular weight is 264 g/mol. The van der Waals surface area contributed by atoms with Crippen LogP contribution in [0.4, 0.5) is 0 Å². The van der Waals surface area contributed by atoms with Gasteiger partial charge in [0.15, 0.2) is 0 Å². The summed E-state index contributed by atoms with van der Waals surface area (Å²) in [6, 6.07) is 0. The summed E-state index contributed by atoms with van der Waals surface area (Å²) in [5.41, 5.74) is 0. The van der Waals surface area contributed by atoms with Crippen LogP contribution in [-0.2, 0) is 13.1 Å². The SMILES string of the molecule is CC(C)CNCCCCCN1CCn2ccnc2C1. The highest BCUT2D eigenvalue weighted by molar-refractivity contribution is 4.95. The molecule has 108 valence electrons. The maximum Gasteiger partial charge on any atom is 0.122 e. The highest BCUT2D eigenvalue weighted by Gasteiger charge is 2.15. The quantitative estimate of drug-likeness (QED) is 0.730. The van der Waals surface area contributed by atoms with E-state index in [1.54, 1.807) is 0 Å². The molecule has 0 saturated carbocycles. The van der Waals surface area contributed by atoms with Gasteiger partial charge in [-0.3, -0.25) is 4.90 Å². The van der Waals surface area contributed by atoms with Gasteiger partial charge in [0, 0.05) is 25.5 Å². The third-order valence-corrected chi connectivity index (χ3v) is 3.70. The second kappa shape index (κ2) is 7.65. The molecule has 0 unspecified atom stereocenters. The number of unbranched alkanes of at least 4 members (excludes halogenated alkanes) is 2. The molecule has 19 heavy (non-hydrogen) atoms. The van der Waals surface area contributed by atoms with Crippen molar-refractivity contribution in [3.05, 3.63) is 18.2 Å². The minimum atomic E-state index is 0.761. The van der Waals surface area contributed by atoms with Crippen molar-refractivity contribution in [1.29, 1.82) is 0 Å². The molecule has 0 radical (unpaired) electrons. The molecule has 0 aliphatic carbocycles. The molecule has 1 aliphatic rings. The summed E-state index contributed by atoms with van der Waals surface area (Å²) in [6.07, 6.45) is 7.95. The van der Waals surface area contributed by atoms with E-state index < -0.39 is 0 Å². The predicted octanol–water partition coefficient (Wildman–Crippen LogP) is 2.11. The number of aromatic nitrogens is 2. The smallest absolute Gasteiger partial charge is 0.122 e. The van der Waals surface area contributed by atoms with Crippen molar-refractivity contribution >= 4 is 0 Å². The highest BCUT2D eigenvalue weighted by atomic mass is 15.2. The normalized spacial score (nSPS) is 15.9. The molecular weight excluding hydrogens is 236 g/mol. The van der Waals surface area contributed by atoms with Gasteiger partial charge < -0.3 is 9.88 Å². The first-order valence-electron chi connectivity index (χ1n) is 7.69. The van der Waals surface area contributed by atoms with E-state index in [-0.39, 0.29) is 0 Å². The first kappa shape index (κ1) is 14.5. The van der Waals surface area contributed by atoms with Gasteiger partial charge in [0.05, 0.1) is 6.54 Å². The maximum atomic E-state index is 4.40. The second-order valence-corrected chi connectivity index (χ2v) is 5.97. The molecule has 0 saturated heterocycles. The Bertz CT molecular complexity index is 359. The third kappa shape index (κ3) is 4.96. The Hall–Kier alpha value is -0.870. The topological polar surface area (TPSA) is 33.1 Å². The van der Waals surface area contributed by atoms with E-state index in [0.717, 1.165) is 25.6 Å². The van der Waals surface area contributed by atoms with Gasteiger partial charge in [0.2, 0.25) is 0 Å². The van der Waals surface area contributed by atoms with Gasteiger partial charge in [-0.15, -0.1) is 0 Å². The number of imidazole rings is 1. The van der Waals surface area contributed by atoms with Crippen LogP contribution in [0.2, 0.25) is 0 Å². The van der Waals surface area contributed by atoms with Crippen LogP contribution in [0, 0.1) is 5.92 Å². The lowest BCUT2D eigenvalue weighted by molar-refractivity contribution is 0.212. The molecule has 2 rings (SSSR count). The summed E-state index contributed by atoms with van der Waals surface area (Å²) in [5.74, 6) is 1.99. The minimum Gasteiger partial charge on any atom is -0.333 e. The summed E-state index contributed by atoms with van der Waals surface area (Å²) >= 11 is 0. The summed E-state index contributed by atoms with van der Waals surface area (Å²) in [5, 5.41) is 3.51. The van der Waals surface area contributed by atoms with E-state index in [4.69, 9.17) is 0 Å². The van der Waals surface area contributed by atoms with Crippen molar-refractivity contribution in [2.24, 2.45) is 5.92 Å². The molecule has 0 spiro atoms. The highest BCUT2D eigenvalue weighted by Crippen LogP contribution is 2.11. The molecule has 0 fully saturated rings. The molecule has 1 aromatic heterocycles. The maximum absolute atomic E-state index is 4.40. The molecular formula is C15H28N4. The predicted molar refractivity (Wildman–Crippen MR) is 79.1 cm³/mol. The first-order valence-corrected chi connectivity index (χ1v) is 7.69. The standard InChI is InChI=1S/C15H28N4/c1-14(2)12-16-6-4-3-5-8-18-10-11-19-9-7-17-15(19)13-18/h7,9,14,16H,3-6,8,10-13H2,1-2H3. The monoisotopic (exact) mass is 264 g/mol. The summed E-state index contributed by atoms with van der Waals surface area (Å²) in [7, 11) is 0. The Labute approximate surface area is 117 Å². The van der Waals surface area contributed by atoms with Gasteiger partial charge in [-0.05, 0) is 38.4 Å². The number of hydrogen-bond acceptors (Lipinski definition) is 3. The first-order chi connectivity index (χ1) is 9.25. The zero-order chi connectivity index (χ0) is 13.5. The molecule has 0 aromatic carbocycles. The van der Waals surface area contributed by atoms with Crippen molar-refractivity contribution in [1.82, 2.24) is 19.8 Å². The molecule has 0 bridgehead atoms. The lowest BCUT2D eigenvalue weighted by atomic mass is 10.2. The summed E-state index contributed by atoms with van der Waals surface area (Å²) in [6.45, 7) is 11.4. The molecule has 1 N–H and O–H groups in total. The molecule has 0 amide bonds. The molecule has 2 heterocycles. The summed E-state index contributed by atoms with van der Waals surface area (Å²) in [4.78, 5) is 6.94. The summed E-state index contributed by atoms with van der Waals surface area (Å²) < 4.78 is 2.27. The number of nitrogens with zero attached hydrogens (tertiary/aromatic N) is 3. The van der Waals surface area contributed by atoms with Crippen molar-refractivity contribution in [2.45, 2.75) is 46.2 Å². The average Bonchev–Trinajstić information content (AvgIpc) is 2.84. The number of hydrogen-bond donors (Lipinski definition) is 1. The lowest BCUT2D eigenvalue weighted by Crippen LogP contribution is -2.34. The van der Waals surface area contributed by atoms with Crippen LogP contribution < -0.4 is 5.32 Å². The van der Waals surface area contributed by atoms with Crippen molar-refractivity contribution in [3.8, 4) is 0 Å². The Morgan fingerprint density at radius 1 is 1.26 bits per heavy atom. The Morgan fingerprint density at radius 3 is 3.00 bits per heavy atom. The lowest BCUT2D eigenvalue weighted by Gasteiger charge is -2.27. The largest absolute Gasteiger partial charge is 0.333 e. The third-order valence-electron chi connectivity index (χ3n) is 3.70. The van der Waals surface area contributed by atoms with E-state index in [0.29, 0.717) is 0 Å².